The fraction of sp³-hybridized carbons (Fsp3) is 0.500. The van der Waals surface area contributed by atoms with Gasteiger partial charge in [0, 0.05) is 58.0 Å². The lowest BCUT2D eigenvalue weighted by atomic mass is 10.0. The van der Waals surface area contributed by atoms with Crippen LogP contribution in [0.25, 0.3) is 0 Å². The van der Waals surface area contributed by atoms with Crippen molar-refractivity contribution in [2.75, 3.05) is 32.1 Å². The van der Waals surface area contributed by atoms with Crippen LogP contribution in [-0.2, 0) is 4.79 Å². The number of nitro groups is 1. The summed E-state index contributed by atoms with van der Waals surface area (Å²) in [6.45, 7) is 2.50. The predicted octanol–water partition coefficient (Wildman–Crippen LogP) is 1.40. The van der Waals surface area contributed by atoms with E-state index in [-0.39, 0.29) is 23.5 Å². The van der Waals surface area contributed by atoms with E-state index in [0.29, 0.717) is 37.2 Å². The molecular weight excluding hydrogens is 312 g/mol. The van der Waals surface area contributed by atoms with Gasteiger partial charge in [0.1, 0.15) is 0 Å². The second kappa shape index (κ2) is 7.29. The van der Waals surface area contributed by atoms with Crippen LogP contribution in [-0.4, -0.2) is 54.9 Å². The molecule has 24 heavy (non-hydrogen) atoms. The highest BCUT2D eigenvalue weighted by Gasteiger charge is 2.27. The van der Waals surface area contributed by atoms with E-state index in [4.69, 9.17) is 0 Å². The Bertz CT molecular complexity index is 651. The van der Waals surface area contributed by atoms with E-state index in [1.54, 1.807) is 30.0 Å². The first-order valence-corrected chi connectivity index (χ1v) is 7.81. The Kier molecular flexibility index (Phi) is 5.38. The summed E-state index contributed by atoms with van der Waals surface area (Å²) < 4.78 is 0. The number of non-ortho nitro benzene ring substituents is 1. The van der Waals surface area contributed by atoms with Gasteiger partial charge in [-0.25, -0.2) is 0 Å². The number of nitrogens with one attached hydrogen (secondary N) is 1. The Morgan fingerprint density at radius 1 is 1.29 bits per heavy atom. The number of benzene rings is 1. The highest BCUT2D eigenvalue weighted by atomic mass is 16.6. The third kappa shape index (κ3) is 4.01. The van der Waals surface area contributed by atoms with Gasteiger partial charge < -0.3 is 15.1 Å². The molecule has 1 heterocycles. The summed E-state index contributed by atoms with van der Waals surface area (Å²) in [5.74, 6) is -0.294. The molecule has 8 nitrogen and oxygen atoms in total. The summed E-state index contributed by atoms with van der Waals surface area (Å²) in [6, 6.07) is 4.40. The lowest BCUT2D eigenvalue weighted by Crippen LogP contribution is -2.46. The van der Waals surface area contributed by atoms with Crippen LogP contribution in [0.3, 0.4) is 0 Å². The van der Waals surface area contributed by atoms with Gasteiger partial charge in [-0.1, -0.05) is 0 Å². The fourth-order valence-electron chi connectivity index (χ4n) is 2.88. The van der Waals surface area contributed by atoms with Crippen molar-refractivity contribution in [1.82, 2.24) is 10.2 Å². The standard InChI is InChI=1S/C16H22N4O4/c1-11(21)17-12-6-8-19(9-7-12)16(22)14-10-13(20(23)24)4-5-15(14)18(2)3/h4-5,10,12H,6-9H2,1-3H3,(H,17,21). The molecule has 2 amide bonds. The molecule has 0 unspecified atom stereocenters. The number of nitrogens with zero attached hydrogens (tertiary/aromatic N) is 3. The topological polar surface area (TPSA) is 95.8 Å². The summed E-state index contributed by atoms with van der Waals surface area (Å²) in [4.78, 5) is 37.9. The van der Waals surface area contributed by atoms with Gasteiger partial charge in [0.05, 0.1) is 10.5 Å². The van der Waals surface area contributed by atoms with Crippen LogP contribution in [0.4, 0.5) is 11.4 Å². The Morgan fingerprint density at radius 3 is 2.42 bits per heavy atom. The van der Waals surface area contributed by atoms with Gasteiger partial charge in [-0.15, -0.1) is 0 Å². The number of carbonyl (C=O) groups is 2. The number of nitro benzene ring substituents is 1. The quantitative estimate of drug-likeness (QED) is 0.663. The summed E-state index contributed by atoms with van der Waals surface area (Å²) in [5.41, 5.74) is 0.874. The maximum Gasteiger partial charge on any atom is 0.270 e. The van der Waals surface area contributed by atoms with Crippen LogP contribution in [0.5, 0.6) is 0 Å². The van der Waals surface area contributed by atoms with Crippen molar-refractivity contribution < 1.29 is 14.5 Å². The number of hydrogen-bond acceptors (Lipinski definition) is 5. The zero-order valence-corrected chi connectivity index (χ0v) is 14.1. The molecule has 8 heteroatoms. The van der Waals surface area contributed by atoms with Gasteiger partial charge in [0.15, 0.2) is 0 Å². The first-order chi connectivity index (χ1) is 11.3. The van der Waals surface area contributed by atoms with Crippen molar-refractivity contribution in [1.29, 1.82) is 0 Å². The van der Waals surface area contributed by atoms with Gasteiger partial charge in [0.25, 0.3) is 11.6 Å². The van der Waals surface area contributed by atoms with Gasteiger partial charge in [0.2, 0.25) is 5.91 Å². The van der Waals surface area contributed by atoms with Crippen LogP contribution in [0.15, 0.2) is 18.2 Å². The van der Waals surface area contributed by atoms with Crippen LogP contribution >= 0.6 is 0 Å². The number of amides is 2. The lowest BCUT2D eigenvalue weighted by Gasteiger charge is -2.33. The molecule has 0 saturated carbocycles. The van der Waals surface area contributed by atoms with Crippen molar-refractivity contribution in [3.05, 3.63) is 33.9 Å². The Morgan fingerprint density at radius 2 is 1.92 bits per heavy atom. The lowest BCUT2D eigenvalue weighted by molar-refractivity contribution is -0.384. The largest absolute Gasteiger partial charge is 0.377 e. The number of piperidine rings is 1. The van der Waals surface area contributed by atoms with Crippen LogP contribution in [0.2, 0.25) is 0 Å². The molecule has 1 aromatic rings. The molecule has 0 radical (unpaired) electrons. The zero-order chi connectivity index (χ0) is 17.9. The van der Waals surface area contributed by atoms with Crippen molar-refractivity contribution >= 4 is 23.2 Å². The highest BCUT2D eigenvalue weighted by Crippen LogP contribution is 2.26. The van der Waals surface area contributed by atoms with E-state index in [1.165, 1.54) is 19.1 Å². The van der Waals surface area contributed by atoms with E-state index in [0.717, 1.165) is 0 Å². The van der Waals surface area contributed by atoms with E-state index in [1.807, 2.05) is 0 Å². The van der Waals surface area contributed by atoms with Crippen molar-refractivity contribution in [2.24, 2.45) is 0 Å². The number of likely N-dealkylation sites (tertiary alicyclic amines) is 1. The number of hydrogen-bond donors (Lipinski definition) is 1. The minimum atomic E-state index is -0.501. The molecule has 130 valence electrons. The fourth-order valence-corrected chi connectivity index (χ4v) is 2.88. The average molecular weight is 334 g/mol. The van der Waals surface area contributed by atoms with E-state index < -0.39 is 4.92 Å². The number of rotatable bonds is 4. The van der Waals surface area contributed by atoms with Crippen molar-refractivity contribution in [3.8, 4) is 0 Å². The monoisotopic (exact) mass is 334 g/mol. The molecule has 1 aliphatic rings. The molecular formula is C16H22N4O4. The normalized spacial score (nSPS) is 15.0. The Balaban J connectivity index is 2.18. The minimum absolute atomic E-state index is 0.0741. The average Bonchev–Trinajstić information content (AvgIpc) is 2.53. The maximum atomic E-state index is 12.8. The molecule has 1 aliphatic heterocycles. The Labute approximate surface area is 140 Å². The summed E-state index contributed by atoms with van der Waals surface area (Å²) in [6.07, 6.45) is 1.36. The second-order valence-electron chi connectivity index (χ2n) is 6.12. The molecule has 0 spiro atoms. The predicted molar refractivity (Wildman–Crippen MR) is 90.2 cm³/mol. The first-order valence-electron chi connectivity index (χ1n) is 7.81. The van der Waals surface area contributed by atoms with Crippen LogP contribution in [0, 0.1) is 10.1 Å². The zero-order valence-electron chi connectivity index (χ0n) is 14.1. The van der Waals surface area contributed by atoms with Gasteiger partial charge in [-0.3, -0.25) is 19.7 Å². The summed E-state index contributed by atoms with van der Waals surface area (Å²) >= 11 is 0. The molecule has 2 rings (SSSR count). The molecule has 0 aromatic heterocycles. The minimum Gasteiger partial charge on any atom is -0.377 e. The smallest absolute Gasteiger partial charge is 0.270 e. The molecule has 0 bridgehead atoms. The van der Waals surface area contributed by atoms with Gasteiger partial charge >= 0.3 is 0 Å². The Hall–Kier alpha value is -2.64. The first kappa shape index (κ1) is 17.7. The molecule has 1 fully saturated rings. The van der Waals surface area contributed by atoms with Crippen LogP contribution < -0.4 is 10.2 Å². The molecule has 1 saturated heterocycles. The highest BCUT2D eigenvalue weighted by molar-refractivity contribution is 6.00. The van der Waals surface area contributed by atoms with Crippen molar-refractivity contribution in [2.45, 2.75) is 25.8 Å². The molecule has 1 N–H and O–H groups in total. The number of carbonyl (C=O) groups excluding carboxylic acids is 2. The van der Waals surface area contributed by atoms with Crippen molar-refractivity contribution in [3.63, 3.8) is 0 Å². The van der Waals surface area contributed by atoms with Gasteiger partial charge in [-0.2, -0.15) is 0 Å². The third-order valence-corrected chi connectivity index (χ3v) is 4.09. The third-order valence-electron chi connectivity index (χ3n) is 4.09. The SMILES string of the molecule is CC(=O)NC1CCN(C(=O)c2cc([N+](=O)[O-])ccc2N(C)C)CC1. The molecule has 0 atom stereocenters. The number of anilines is 1. The molecule has 1 aromatic carbocycles. The van der Waals surface area contributed by atoms with E-state index in [9.17, 15) is 19.7 Å². The van der Waals surface area contributed by atoms with E-state index >= 15 is 0 Å². The summed E-state index contributed by atoms with van der Waals surface area (Å²) in [5, 5.41) is 13.9. The summed E-state index contributed by atoms with van der Waals surface area (Å²) in [7, 11) is 3.59. The van der Waals surface area contributed by atoms with E-state index in [2.05, 4.69) is 5.32 Å². The second-order valence-corrected chi connectivity index (χ2v) is 6.12. The van der Waals surface area contributed by atoms with Gasteiger partial charge in [-0.05, 0) is 18.9 Å². The molecule has 0 aliphatic carbocycles. The maximum absolute atomic E-state index is 12.8. The van der Waals surface area contributed by atoms with Crippen LogP contribution in [0.1, 0.15) is 30.1 Å².